The van der Waals surface area contributed by atoms with Gasteiger partial charge >= 0.3 is 0 Å². The fraction of sp³-hybridized carbons (Fsp3) is 0.625. The number of ether oxygens (including phenoxy) is 1. The number of hydrogen-bond donors (Lipinski definition) is 1. The van der Waals surface area contributed by atoms with Gasteiger partial charge < -0.3 is 9.84 Å². The fourth-order valence-corrected chi connectivity index (χ4v) is 3.69. The van der Waals surface area contributed by atoms with Crippen molar-refractivity contribution in [3.63, 3.8) is 0 Å². The first-order chi connectivity index (χ1) is 8.81. The van der Waals surface area contributed by atoms with E-state index < -0.39 is 0 Å². The molecular formula is C16H22O2. The lowest BCUT2D eigenvalue weighted by atomic mass is 10.0. The molecule has 2 heteroatoms. The van der Waals surface area contributed by atoms with Gasteiger partial charge in [-0.25, -0.2) is 0 Å². The minimum atomic E-state index is -0.293. The topological polar surface area (TPSA) is 29.5 Å². The quantitative estimate of drug-likeness (QED) is 0.880. The van der Waals surface area contributed by atoms with Crippen LogP contribution in [-0.4, -0.2) is 11.7 Å². The van der Waals surface area contributed by atoms with Gasteiger partial charge in [0.25, 0.3) is 0 Å². The standard InChI is InChI=1S/C16H22O2/c1-2-18-12-7-5-6-11(10-12)16(17)15-13-8-3-4-9-14(13)15/h5-7,10,13-17H,2-4,8-9H2,1H3. The van der Waals surface area contributed by atoms with E-state index in [4.69, 9.17) is 4.74 Å². The Hall–Kier alpha value is -1.02. The van der Waals surface area contributed by atoms with E-state index in [1.165, 1.54) is 25.7 Å². The van der Waals surface area contributed by atoms with Gasteiger partial charge in [-0.2, -0.15) is 0 Å². The lowest BCUT2D eigenvalue weighted by Crippen LogP contribution is -2.03. The lowest BCUT2D eigenvalue weighted by molar-refractivity contribution is 0.141. The molecular weight excluding hydrogens is 224 g/mol. The third kappa shape index (κ3) is 2.14. The Kier molecular flexibility index (Phi) is 3.29. The van der Waals surface area contributed by atoms with Gasteiger partial charge in [0.15, 0.2) is 0 Å². The zero-order chi connectivity index (χ0) is 12.5. The van der Waals surface area contributed by atoms with Crippen LogP contribution >= 0.6 is 0 Å². The molecule has 1 aromatic rings. The Morgan fingerprint density at radius 1 is 1.28 bits per heavy atom. The SMILES string of the molecule is CCOc1cccc(C(O)C2C3CCCCC32)c1. The third-order valence-electron chi connectivity index (χ3n) is 4.60. The Balaban J connectivity index is 1.72. The first kappa shape index (κ1) is 12.0. The maximum absolute atomic E-state index is 10.5. The summed E-state index contributed by atoms with van der Waals surface area (Å²) in [5.41, 5.74) is 1.03. The molecule has 18 heavy (non-hydrogen) atoms. The van der Waals surface area contributed by atoms with Crippen molar-refractivity contribution >= 4 is 0 Å². The monoisotopic (exact) mass is 246 g/mol. The predicted molar refractivity (Wildman–Crippen MR) is 71.5 cm³/mol. The van der Waals surface area contributed by atoms with Gasteiger partial charge in [0.1, 0.15) is 5.75 Å². The summed E-state index contributed by atoms with van der Waals surface area (Å²) >= 11 is 0. The first-order valence-electron chi connectivity index (χ1n) is 7.22. The van der Waals surface area contributed by atoms with Gasteiger partial charge in [0.2, 0.25) is 0 Å². The number of benzene rings is 1. The summed E-state index contributed by atoms with van der Waals surface area (Å²) in [6.07, 6.45) is 5.04. The number of aliphatic hydroxyl groups is 1. The molecule has 0 aliphatic heterocycles. The molecule has 0 heterocycles. The number of aliphatic hydroxyl groups excluding tert-OH is 1. The number of rotatable bonds is 4. The van der Waals surface area contributed by atoms with Gasteiger partial charge in [0, 0.05) is 0 Å². The molecule has 3 atom stereocenters. The van der Waals surface area contributed by atoms with Gasteiger partial charge in [-0.1, -0.05) is 25.0 Å². The molecule has 3 unspecified atom stereocenters. The van der Waals surface area contributed by atoms with Gasteiger partial charge in [0.05, 0.1) is 12.7 Å². The van der Waals surface area contributed by atoms with Crippen molar-refractivity contribution in [2.75, 3.05) is 6.61 Å². The molecule has 3 rings (SSSR count). The van der Waals surface area contributed by atoms with E-state index >= 15 is 0 Å². The minimum Gasteiger partial charge on any atom is -0.494 e. The average molecular weight is 246 g/mol. The van der Waals surface area contributed by atoms with Crippen LogP contribution in [0, 0.1) is 17.8 Å². The molecule has 0 spiro atoms. The van der Waals surface area contributed by atoms with Crippen molar-refractivity contribution in [2.24, 2.45) is 17.8 Å². The van der Waals surface area contributed by atoms with E-state index in [1.807, 2.05) is 31.2 Å². The van der Waals surface area contributed by atoms with Gasteiger partial charge in [-0.15, -0.1) is 0 Å². The molecule has 2 nitrogen and oxygen atoms in total. The van der Waals surface area contributed by atoms with Crippen LogP contribution in [-0.2, 0) is 0 Å². The van der Waals surface area contributed by atoms with E-state index in [0.717, 1.165) is 23.1 Å². The van der Waals surface area contributed by atoms with E-state index in [0.29, 0.717) is 12.5 Å². The highest BCUT2D eigenvalue weighted by atomic mass is 16.5. The van der Waals surface area contributed by atoms with Crippen molar-refractivity contribution in [3.05, 3.63) is 29.8 Å². The van der Waals surface area contributed by atoms with Crippen LogP contribution in [0.4, 0.5) is 0 Å². The summed E-state index contributed by atoms with van der Waals surface area (Å²) in [7, 11) is 0. The van der Waals surface area contributed by atoms with E-state index in [1.54, 1.807) is 0 Å². The van der Waals surface area contributed by atoms with Crippen LogP contribution in [0.3, 0.4) is 0 Å². The summed E-state index contributed by atoms with van der Waals surface area (Å²) in [6.45, 7) is 2.66. The molecule has 98 valence electrons. The molecule has 1 N–H and O–H groups in total. The molecule has 0 aromatic heterocycles. The Labute approximate surface area is 109 Å². The highest BCUT2D eigenvalue weighted by Gasteiger charge is 2.54. The Morgan fingerprint density at radius 3 is 2.67 bits per heavy atom. The highest BCUT2D eigenvalue weighted by Crippen LogP contribution is 2.60. The lowest BCUT2D eigenvalue weighted by Gasteiger charge is -2.12. The van der Waals surface area contributed by atoms with Crippen LogP contribution in [0.1, 0.15) is 44.3 Å². The van der Waals surface area contributed by atoms with Crippen LogP contribution in [0.15, 0.2) is 24.3 Å². The minimum absolute atomic E-state index is 0.293. The van der Waals surface area contributed by atoms with Crippen LogP contribution < -0.4 is 4.74 Å². The van der Waals surface area contributed by atoms with Crippen LogP contribution in [0.5, 0.6) is 5.75 Å². The van der Waals surface area contributed by atoms with Crippen LogP contribution in [0.25, 0.3) is 0 Å². The first-order valence-corrected chi connectivity index (χ1v) is 7.22. The zero-order valence-corrected chi connectivity index (χ0v) is 11.0. The number of hydrogen-bond acceptors (Lipinski definition) is 2. The summed E-state index contributed by atoms with van der Waals surface area (Å²) in [5.74, 6) is 2.94. The average Bonchev–Trinajstić information content (AvgIpc) is 3.13. The molecule has 2 saturated carbocycles. The zero-order valence-electron chi connectivity index (χ0n) is 11.0. The summed E-state index contributed by atoms with van der Waals surface area (Å²) < 4.78 is 5.50. The van der Waals surface area contributed by atoms with Gasteiger partial charge in [-0.3, -0.25) is 0 Å². The van der Waals surface area contributed by atoms with Gasteiger partial charge in [-0.05, 0) is 55.2 Å². The molecule has 0 amide bonds. The molecule has 2 aliphatic rings. The molecule has 0 radical (unpaired) electrons. The van der Waals surface area contributed by atoms with E-state index in [-0.39, 0.29) is 6.10 Å². The predicted octanol–water partition coefficient (Wildman–Crippen LogP) is 3.55. The molecule has 2 fully saturated rings. The van der Waals surface area contributed by atoms with Crippen molar-refractivity contribution in [1.82, 2.24) is 0 Å². The van der Waals surface area contributed by atoms with Crippen molar-refractivity contribution in [3.8, 4) is 5.75 Å². The molecule has 0 bridgehead atoms. The van der Waals surface area contributed by atoms with Crippen LogP contribution in [0.2, 0.25) is 0 Å². The molecule has 0 saturated heterocycles. The normalized spacial score (nSPS) is 31.6. The second kappa shape index (κ2) is 4.93. The largest absolute Gasteiger partial charge is 0.494 e. The molecule has 2 aliphatic carbocycles. The Bertz CT molecular complexity index is 403. The summed E-state index contributed by atoms with van der Waals surface area (Å²) in [4.78, 5) is 0. The Morgan fingerprint density at radius 2 is 2.00 bits per heavy atom. The smallest absolute Gasteiger partial charge is 0.119 e. The number of fused-ring (bicyclic) bond motifs is 1. The third-order valence-corrected chi connectivity index (χ3v) is 4.60. The maximum Gasteiger partial charge on any atom is 0.119 e. The fourth-order valence-electron chi connectivity index (χ4n) is 3.69. The van der Waals surface area contributed by atoms with Crippen molar-refractivity contribution < 1.29 is 9.84 Å². The van der Waals surface area contributed by atoms with Crippen molar-refractivity contribution in [1.29, 1.82) is 0 Å². The maximum atomic E-state index is 10.5. The van der Waals surface area contributed by atoms with E-state index in [9.17, 15) is 5.11 Å². The van der Waals surface area contributed by atoms with Crippen molar-refractivity contribution in [2.45, 2.75) is 38.7 Å². The summed E-state index contributed by atoms with van der Waals surface area (Å²) in [5, 5.41) is 10.5. The highest BCUT2D eigenvalue weighted by molar-refractivity contribution is 5.31. The summed E-state index contributed by atoms with van der Waals surface area (Å²) in [6, 6.07) is 7.96. The molecule has 1 aromatic carbocycles. The second-order valence-corrected chi connectivity index (χ2v) is 5.64. The second-order valence-electron chi connectivity index (χ2n) is 5.64. The van der Waals surface area contributed by atoms with E-state index in [2.05, 4.69) is 0 Å².